The Morgan fingerprint density at radius 3 is 2.62 bits per heavy atom. The quantitative estimate of drug-likeness (QED) is 0.812. The molecule has 16 heavy (non-hydrogen) atoms. The van der Waals surface area contributed by atoms with Gasteiger partial charge in [-0.3, -0.25) is 0 Å². The Bertz CT molecular complexity index is 362. The first-order valence-electron chi connectivity index (χ1n) is 5.62. The fraction of sp³-hybridized carbons (Fsp3) is 0.583. The van der Waals surface area contributed by atoms with Gasteiger partial charge >= 0.3 is 0 Å². The second-order valence-corrected chi connectivity index (χ2v) is 4.53. The Kier molecular flexibility index (Phi) is 2.86. The number of pyridine rings is 1. The number of aromatic nitrogens is 1. The second kappa shape index (κ2) is 4.03. The lowest BCUT2D eigenvalue weighted by Crippen LogP contribution is -2.49. The topological polar surface area (TPSA) is 74.2 Å². The molecule has 1 saturated carbocycles. The Morgan fingerprint density at radius 1 is 1.50 bits per heavy atom. The molecular weight excluding hydrogens is 202 g/mol. The lowest BCUT2D eigenvalue weighted by molar-refractivity contribution is -0.0911. The molecule has 1 atom stereocenters. The van der Waals surface area contributed by atoms with E-state index in [-0.39, 0.29) is 11.6 Å². The van der Waals surface area contributed by atoms with Crippen molar-refractivity contribution in [3.05, 3.63) is 23.4 Å². The maximum absolute atomic E-state index is 6.30. The molecule has 0 bridgehead atoms. The first-order chi connectivity index (χ1) is 7.60. The monoisotopic (exact) mass is 221 g/mol. The number of nitrogens with zero attached hydrogens (tertiary/aromatic N) is 1. The standard InChI is InChI=1S/C12H19N3O/c1-8-4-7-15-11(14)9(8)10(13)12(16-2)5-3-6-12/h4,7,10H,3,5-6,13H2,1-2H3,(H2,14,15). The molecule has 0 aliphatic heterocycles. The van der Waals surface area contributed by atoms with Gasteiger partial charge in [-0.05, 0) is 37.8 Å². The average molecular weight is 221 g/mol. The fourth-order valence-corrected chi connectivity index (χ4v) is 2.43. The summed E-state index contributed by atoms with van der Waals surface area (Å²) in [4.78, 5) is 4.11. The molecule has 88 valence electrons. The largest absolute Gasteiger partial charge is 0.383 e. The van der Waals surface area contributed by atoms with Gasteiger partial charge < -0.3 is 16.2 Å². The van der Waals surface area contributed by atoms with Gasteiger partial charge in [0.25, 0.3) is 0 Å². The number of anilines is 1. The number of methoxy groups -OCH3 is 1. The minimum atomic E-state index is -0.234. The smallest absolute Gasteiger partial charge is 0.128 e. The summed E-state index contributed by atoms with van der Waals surface area (Å²) in [7, 11) is 1.72. The highest BCUT2D eigenvalue weighted by Gasteiger charge is 2.44. The first-order valence-corrected chi connectivity index (χ1v) is 5.62. The van der Waals surface area contributed by atoms with Gasteiger partial charge in [-0.15, -0.1) is 0 Å². The molecule has 1 fully saturated rings. The van der Waals surface area contributed by atoms with Crippen LogP contribution in [0.15, 0.2) is 12.3 Å². The molecule has 1 aromatic heterocycles. The van der Waals surface area contributed by atoms with E-state index in [2.05, 4.69) is 4.98 Å². The minimum absolute atomic E-state index is 0.181. The van der Waals surface area contributed by atoms with Crippen LogP contribution in [0.1, 0.15) is 36.4 Å². The molecule has 1 unspecified atom stereocenters. The summed E-state index contributed by atoms with van der Waals surface area (Å²) in [5.74, 6) is 0.524. The summed E-state index contributed by atoms with van der Waals surface area (Å²) in [5, 5.41) is 0. The molecule has 0 saturated heterocycles. The zero-order chi connectivity index (χ0) is 11.8. The van der Waals surface area contributed by atoms with Crippen molar-refractivity contribution in [2.75, 3.05) is 12.8 Å². The van der Waals surface area contributed by atoms with Crippen LogP contribution in [-0.4, -0.2) is 17.7 Å². The van der Waals surface area contributed by atoms with Crippen molar-refractivity contribution in [3.63, 3.8) is 0 Å². The number of aryl methyl sites for hydroxylation is 1. The van der Waals surface area contributed by atoms with Crippen LogP contribution in [0.25, 0.3) is 0 Å². The SMILES string of the molecule is COC1(C(N)c2c(C)ccnc2N)CCC1. The highest BCUT2D eigenvalue weighted by molar-refractivity contribution is 5.47. The van der Waals surface area contributed by atoms with Crippen molar-refractivity contribution in [3.8, 4) is 0 Å². The van der Waals surface area contributed by atoms with E-state index in [9.17, 15) is 0 Å². The molecule has 4 N–H and O–H groups in total. The van der Waals surface area contributed by atoms with Gasteiger partial charge in [-0.2, -0.15) is 0 Å². The van der Waals surface area contributed by atoms with Gasteiger partial charge in [0.2, 0.25) is 0 Å². The van der Waals surface area contributed by atoms with E-state index < -0.39 is 0 Å². The summed E-state index contributed by atoms with van der Waals surface area (Å²) >= 11 is 0. The van der Waals surface area contributed by atoms with Crippen LogP contribution in [0, 0.1) is 6.92 Å². The van der Waals surface area contributed by atoms with E-state index in [1.54, 1.807) is 13.3 Å². The summed E-state index contributed by atoms with van der Waals surface area (Å²) in [6, 6.07) is 1.76. The van der Waals surface area contributed by atoms with Crippen LogP contribution in [0.2, 0.25) is 0 Å². The van der Waals surface area contributed by atoms with E-state index in [1.807, 2.05) is 13.0 Å². The van der Waals surface area contributed by atoms with Gasteiger partial charge in [0.05, 0.1) is 11.6 Å². The second-order valence-electron chi connectivity index (χ2n) is 4.53. The third-order valence-corrected chi connectivity index (χ3v) is 3.72. The van der Waals surface area contributed by atoms with Gasteiger partial charge in [-0.25, -0.2) is 4.98 Å². The highest BCUT2D eigenvalue weighted by atomic mass is 16.5. The molecule has 2 rings (SSSR count). The maximum Gasteiger partial charge on any atom is 0.128 e. The van der Waals surface area contributed by atoms with E-state index in [4.69, 9.17) is 16.2 Å². The Morgan fingerprint density at radius 2 is 2.19 bits per heavy atom. The first kappa shape index (κ1) is 11.4. The van der Waals surface area contributed by atoms with E-state index in [0.29, 0.717) is 5.82 Å². The number of nitrogens with two attached hydrogens (primary N) is 2. The molecule has 0 aromatic carbocycles. The van der Waals surface area contributed by atoms with Gasteiger partial charge in [0, 0.05) is 18.9 Å². The predicted octanol–water partition coefficient (Wildman–Crippen LogP) is 1.54. The van der Waals surface area contributed by atoms with Gasteiger partial charge in [0.1, 0.15) is 5.82 Å². The molecule has 1 heterocycles. The van der Waals surface area contributed by atoms with Crippen LogP contribution >= 0.6 is 0 Å². The molecule has 0 spiro atoms. The van der Waals surface area contributed by atoms with Crippen LogP contribution in [0.3, 0.4) is 0 Å². The number of nitrogen functional groups attached to an aromatic ring is 1. The minimum Gasteiger partial charge on any atom is -0.383 e. The van der Waals surface area contributed by atoms with Crippen molar-refractivity contribution in [2.24, 2.45) is 5.73 Å². The molecule has 0 radical (unpaired) electrons. The third-order valence-electron chi connectivity index (χ3n) is 3.72. The van der Waals surface area contributed by atoms with Gasteiger partial charge in [0.15, 0.2) is 0 Å². The van der Waals surface area contributed by atoms with Crippen LogP contribution < -0.4 is 11.5 Å². The van der Waals surface area contributed by atoms with Gasteiger partial charge in [-0.1, -0.05) is 0 Å². The number of ether oxygens (including phenoxy) is 1. The Hall–Kier alpha value is -1.13. The Labute approximate surface area is 96.0 Å². The zero-order valence-electron chi connectivity index (χ0n) is 9.86. The molecular formula is C12H19N3O. The van der Waals surface area contributed by atoms with Crippen molar-refractivity contribution >= 4 is 5.82 Å². The molecule has 0 amide bonds. The molecule has 4 heteroatoms. The number of rotatable bonds is 3. The number of hydrogen-bond donors (Lipinski definition) is 2. The van der Waals surface area contributed by atoms with Crippen LogP contribution in [0.4, 0.5) is 5.82 Å². The van der Waals surface area contributed by atoms with E-state index in [0.717, 1.165) is 24.0 Å². The van der Waals surface area contributed by atoms with E-state index in [1.165, 1.54) is 6.42 Å². The molecule has 1 aromatic rings. The summed E-state index contributed by atoms with van der Waals surface area (Å²) in [5.41, 5.74) is 14.0. The van der Waals surface area contributed by atoms with Crippen molar-refractivity contribution < 1.29 is 4.74 Å². The number of hydrogen-bond acceptors (Lipinski definition) is 4. The zero-order valence-corrected chi connectivity index (χ0v) is 9.86. The summed E-state index contributed by atoms with van der Waals surface area (Å²) < 4.78 is 5.59. The summed E-state index contributed by atoms with van der Waals surface area (Å²) in [6.07, 6.45) is 4.87. The molecule has 4 nitrogen and oxygen atoms in total. The van der Waals surface area contributed by atoms with Crippen molar-refractivity contribution in [1.82, 2.24) is 4.98 Å². The van der Waals surface area contributed by atoms with Crippen molar-refractivity contribution in [1.29, 1.82) is 0 Å². The lowest BCUT2D eigenvalue weighted by Gasteiger charge is -2.45. The summed E-state index contributed by atoms with van der Waals surface area (Å²) in [6.45, 7) is 2.01. The third kappa shape index (κ3) is 1.58. The normalized spacial score (nSPS) is 20.2. The highest BCUT2D eigenvalue weighted by Crippen LogP contribution is 2.45. The molecule has 1 aliphatic rings. The Balaban J connectivity index is 2.36. The maximum atomic E-state index is 6.30. The lowest BCUT2D eigenvalue weighted by atomic mass is 9.72. The fourth-order valence-electron chi connectivity index (χ4n) is 2.43. The van der Waals surface area contributed by atoms with Crippen molar-refractivity contribution in [2.45, 2.75) is 37.8 Å². The predicted molar refractivity (Wildman–Crippen MR) is 63.9 cm³/mol. The molecule has 1 aliphatic carbocycles. The van der Waals surface area contributed by atoms with Crippen LogP contribution in [0.5, 0.6) is 0 Å². The van der Waals surface area contributed by atoms with E-state index >= 15 is 0 Å². The van der Waals surface area contributed by atoms with Crippen LogP contribution in [-0.2, 0) is 4.74 Å². The average Bonchev–Trinajstić information content (AvgIpc) is 2.16.